The van der Waals surface area contributed by atoms with Crippen LogP contribution in [-0.4, -0.2) is 6.61 Å². The van der Waals surface area contributed by atoms with Gasteiger partial charge in [0, 0.05) is 0 Å². The van der Waals surface area contributed by atoms with Crippen LogP contribution >= 0.6 is 0 Å². The van der Waals surface area contributed by atoms with Gasteiger partial charge in [0.25, 0.3) is 0 Å². The first-order valence-corrected chi connectivity index (χ1v) is 7.76. The van der Waals surface area contributed by atoms with Gasteiger partial charge in [-0.05, 0) is 48.1 Å². The van der Waals surface area contributed by atoms with Crippen LogP contribution in [0.25, 0.3) is 11.1 Å². The molecule has 2 rings (SSSR count). The highest BCUT2D eigenvalue weighted by Crippen LogP contribution is 2.26. The molecule has 0 aliphatic carbocycles. The molecular formula is C19H23FO. The van der Waals surface area contributed by atoms with Crippen LogP contribution in [0.5, 0.6) is 5.75 Å². The zero-order valence-electron chi connectivity index (χ0n) is 12.9. The van der Waals surface area contributed by atoms with Gasteiger partial charge < -0.3 is 4.74 Å². The maximum absolute atomic E-state index is 14.0. The monoisotopic (exact) mass is 286 g/mol. The molecule has 0 atom stereocenters. The van der Waals surface area contributed by atoms with Gasteiger partial charge in [-0.25, -0.2) is 4.39 Å². The first kappa shape index (κ1) is 15.6. The molecule has 0 fully saturated rings. The standard InChI is InChI=1S/C19H23FO/c1-3-5-6-15-7-9-16(10-8-15)17-11-12-19(18(20)14-17)21-13-4-2/h7-12,14H,3-6,13H2,1-2H3. The van der Waals surface area contributed by atoms with Crippen molar-refractivity contribution in [1.29, 1.82) is 0 Å². The van der Waals surface area contributed by atoms with Crippen molar-refractivity contribution in [1.82, 2.24) is 0 Å². The number of hydrogen-bond acceptors (Lipinski definition) is 1. The SMILES string of the molecule is CCCCc1ccc(-c2ccc(OCCC)c(F)c2)cc1. The number of halogens is 1. The molecule has 0 heterocycles. The van der Waals surface area contributed by atoms with Crippen LogP contribution in [0.4, 0.5) is 4.39 Å². The van der Waals surface area contributed by atoms with E-state index in [1.807, 2.05) is 13.0 Å². The molecule has 0 saturated carbocycles. The van der Waals surface area contributed by atoms with Gasteiger partial charge >= 0.3 is 0 Å². The van der Waals surface area contributed by atoms with Crippen molar-refractivity contribution >= 4 is 0 Å². The Kier molecular flexibility index (Phi) is 5.79. The van der Waals surface area contributed by atoms with Crippen molar-refractivity contribution in [2.24, 2.45) is 0 Å². The molecule has 1 nitrogen and oxygen atoms in total. The van der Waals surface area contributed by atoms with E-state index in [1.54, 1.807) is 12.1 Å². The topological polar surface area (TPSA) is 9.23 Å². The molecule has 2 aromatic carbocycles. The lowest BCUT2D eigenvalue weighted by Crippen LogP contribution is -1.97. The molecule has 0 aromatic heterocycles. The Labute approximate surface area is 126 Å². The van der Waals surface area contributed by atoms with E-state index >= 15 is 0 Å². The minimum absolute atomic E-state index is 0.295. The summed E-state index contributed by atoms with van der Waals surface area (Å²) < 4.78 is 19.3. The predicted octanol–water partition coefficient (Wildman–Crippen LogP) is 5.62. The fraction of sp³-hybridized carbons (Fsp3) is 0.368. The number of rotatable bonds is 7. The zero-order chi connectivity index (χ0) is 15.1. The summed E-state index contributed by atoms with van der Waals surface area (Å²) in [6.45, 7) is 4.74. The second-order valence-electron chi connectivity index (χ2n) is 5.29. The Hall–Kier alpha value is -1.83. The molecule has 2 heteroatoms. The van der Waals surface area contributed by atoms with E-state index in [1.165, 1.54) is 18.4 Å². The molecule has 0 aliphatic rings. The van der Waals surface area contributed by atoms with Crippen molar-refractivity contribution in [3.05, 3.63) is 53.8 Å². The van der Waals surface area contributed by atoms with E-state index in [-0.39, 0.29) is 5.82 Å². The Morgan fingerprint density at radius 2 is 1.62 bits per heavy atom. The Morgan fingerprint density at radius 3 is 2.24 bits per heavy atom. The smallest absolute Gasteiger partial charge is 0.165 e. The van der Waals surface area contributed by atoms with Gasteiger partial charge in [0.2, 0.25) is 0 Å². The number of unbranched alkanes of at least 4 members (excludes halogenated alkanes) is 1. The Morgan fingerprint density at radius 1 is 0.905 bits per heavy atom. The fourth-order valence-corrected chi connectivity index (χ4v) is 2.25. The second-order valence-corrected chi connectivity index (χ2v) is 5.29. The molecule has 0 radical (unpaired) electrons. The highest BCUT2D eigenvalue weighted by Gasteiger charge is 2.06. The molecule has 0 spiro atoms. The number of ether oxygens (including phenoxy) is 1. The highest BCUT2D eigenvalue weighted by atomic mass is 19.1. The highest BCUT2D eigenvalue weighted by molar-refractivity contribution is 5.64. The third-order valence-corrected chi connectivity index (χ3v) is 3.50. The van der Waals surface area contributed by atoms with Gasteiger partial charge in [-0.1, -0.05) is 50.6 Å². The van der Waals surface area contributed by atoms with Gasteiger partial charge in [0.15, 0.2) is 11.6 Å². The lowest BCUT2D eigenvalue weighted by atomic mass is 10.0. The van der Waals surface area contributed by atoms with Crippen LogP contribution in [-0.2, 0) is 6.42 Å². The van der Waals surface area contributed by atoms with Crippen molar-refractivity contribution < 1.29 is 9.13 Å². The third kappa shape index (κ3) is 4.32. The second kappa shape index (κ2) is 7.82. The molecule has 0 unspecified atom stereocenters. The van der Waals surface area contributed by atoms with E-state index in [0.717, 1.165) is 24.0 Å². The quantitative estimate of drug-likeness (QED) is 0.641. The van der Waals surface area contributed by atoms with Crippen LogP contribution in [0.3, 0.4) is 0 Å². The largest absolute Gasteiger partial charge is 0.491 e. The van der Waals surface area contributed by atoms with E-state index in [2.05, 4.69) is 31.2 Å². The van der Waals surface area contributed by atoms with Crippen molar-refractivity contribution in [2.45, 2.75) is 39.5 Å². The average Bonchev–Trinajstić information content (AvgIpc) is 2.52. The summed E-state index contributed by atoms with van der Waals surface area (Å²) in [6.07, 6.45) is 4.39. The molecule has 0 N–H and O–H groups in total. The van der Waals surface area contributed by atoms with Crippen LogP contribution < -0.4 is 4.74 Å². The molecular weight excluding hydrogens is 263 g/mol. The van der Waals surface area contributed by atoms with Gasteiger partial charge in [0.05, 0.1) is 6.61 Å². The summed E-state index contributed by atoms with van der Waals surface area (Å²) in [4.78, 5) is 0. The third-order valence-electron chi connectivity index (χ3n) is 3.50. The molecule has 0 saturated heterocycles. The molecule has 0 bridgehead atoms. The molecule has 0 amide bonds. The fourth-order valence-electron chi connectivity index (χ4n) is 2.25. The molecule has 0 aliphatic heterocycles. The Balaban J connectivity index is 2.12. The summed E-state index contributed by atoms with van der Waals surface area (Å²) in [5, 5.41) is 0. The molecule has 2 aromatic rings. The van der Waals surface area contributed by atoms with E-state index in [9.17, 15) is 4.39 Å². The van der Waals surface area contributed by atoms with Crippen LogP contribution in [0, 0.1) is 5.82 Å². The van der Waals surface area contributed by atoms with Crippen molar-refractivity contribution in [2.75, 3.05) is 6.61 Å². The summed E-state index contributed by atoms with van der Waals surface area (Å²) in [6, 6.07) is 13.6. The summed E-state index contributed by atoms with van der Waals surface area (Å²) in [5.41, 5.74) is 3.26. The summed E-state index contributed by atoms with van der Waals surface area (Å²) in [5.74, 6) is 0.0381. The van der Waals surface area contributed by atoms with E-state index < -0.39 is 0 Å². The minimum Gasteiger partial charge on any atom is -0.491 e. The van der Waals surface area contributed by atoms with Crippen LogP contribution in [0.1, 0.15) is 38.7 Å². The van der Waals surface area contributed by atoms with E-state index in [4.69, 9.17) is 4.74 Å². The first-order chi connectivity index (χ1) is 10.2. The first-order valence-electron chi connectivity index (χ1n) is 7.76. The average molecular weight is 286 g/mol. The predicted molar refractivity (Wildman–Crippen MR) is 86.2 cm³/mol. The molecule has 112 valence electrons. The lowest BCUT2D eigenvalue weighted by Gasteiger charge is -2.08. The maximum Gasteiger partial charge on any atom is 0.165 e. The van der Waals surface area contributed by atoms with E-state index in [0.29, 0.717) is 12.4 Å². The van der Waals surface area contributed by atoms with Crippen LogP contribution in [0.2, 0.25) is 0 Å². The Bertz CT molecular complexity index is 560. The van der Waals surface area contributed by atoms with Gasteiger partial charge in [-0.2, -0.15) is 0 Å². The summed E-state index contributed by atoms with van der Waals surface area (Å²) in [7, 11) is 0. The van der Waals surface area contributed by atoms with Gasteiger partial charge in [0.1, 0.15) is 0 Å². The zero-order valence-corrected chi connectivity index (χ0v) is 12.9. The van der Waals surface area contributed by atoms with Crippen molar-refractivity contribution in [3.63, 3.8) is 0 Å². The van der Waals surface area contributed by atoms with Crippen molar-refractivity contribution in [3.8, 4) is 16.9 Å². The summed E-state index contributed by atoms with van der Waals surface area (Å²) >= 11 is 0. The number of aryl methyl sites for hydroxylation is 1. The maximum atomic E-state index is 14.0. The lowest BCUT2D eigenvalue weighted by molar-refractivity contribution is 0.301. The van der Waals surface area contributed by atoms with Gasteiger partial charge in [-0.3, -0.25) is 0 Å². The minimum atomic E-state index is -0.295. The number of benzene rings is 2. The van der Waals surface area contributed by atoms with Crippen LogP contribution in [0.15, 0.2) is 42.5 Å². The number of hydrogen-bond donors (Lipinski definition) is 0. The molecule has 21 heavy (non-hydrogen) atoms. The normalized spacial score (nSPS) is 10.6. The van der Waals surface area contributed by atoms with Gasteiger partial charge in [-0.15, -0.1) is 0 Å².